The first-order chi connectivity index (χ1) is 7.56. The van der Waals surface area contributed by atoms with Gasteiger partial charge in [-0.3, -0.25) is 0 Å². The van der Waals surface area contributed by atoms with Crippen molar-refractivity contribution >= 4 is 29.2 Å². The lowest BCUT2D eigenvalue weighted by Crippen LogP contribution is -2.40. The summed E-state index contributed by atoms with van der Waals surface area (Å²) in [6, 6.07) is 10.4. The Morgan fingerprint density at radius 2 is 1.62 bits per heavy atom. The zero-order valence-electron chi connectivity index (χ0n) is 10.7. The average molecular weight is 299 g/mol. The molecule has 0 aromatic heterocycles. The maximum absolute atomic E-state index is 3.50. The van der Waals surface area contributed by atoms with Gasteiger partial charge in [-0.2, -0.15) is 0 Å². The van der Waals surface area contributed by atoms with E-state index in [2.05, 4.69) is 60.2 Å². The Morgan fingerprint density at radius 1 is 1.00 bits per heavy atom. The molecule has 0 unspecified atom stereocenters. The Labute approximate surface area is 110 Å². The lowest BCUT2D eigenvalue weighted by molar-refractivity contribution is 0.697. The predicted molar refractivity (Wildman–Crippen MR) is 80.2 cm³/mol. The van der Waals surface area contributed by atoms with Crippen molar-refractivity contribution in [3.8, 4) is 0 Å². The molecule has 0 fully saturated rings. The molecule has 0 aliphatic heterocycles. The van der Waals surface area contributed by atoms with Gasteiger partial charge in [0, 0.05) is 4.47 Å². The van der Waals surface area contributed by atoms with E-state index in [4.69, 9.17) is 0 Å². The summed E-state index contributed by atoms with van der Waals surface area (Å²) in [7, 11) is -1.17. The highest BCUT2D eigenvalue weighted by molar-refractivity contribution is 9.10. The Balaban J connectivity index is 2.52. The van der Waals surface area contributed by atoms with Crippen LogP contribution in [0.3, 0.4) is 0 Å². The van der Waals surface area contributed by atoms with Gasteiger partial charge in [-0.25, -0.2) is 0 Å². The molecular weight excluding hydrogens is 276 g/mol. The van der Waals surface area contributed by atoms with Crippen LogP contribution in [0, 0.1) is 0 Å². The Kier molecular flexibility index (Phi) is 5.77. The van der Waals surface area contributed by atoms with Crippen molar-refractivity contribution in [2.75, 3.05) is 0 Å². The molecule has 0 aliphatic rings. The van der Waals surface area contributed by atoms with Gasteiger partial charge in [0.1, 0.15) is 0 Å². The second kappa shape index (κ2) is 6.60. The molecule has 0 saturated heterocycles. The summed E-state index contributed by atoms with van der Waals surface area (Å²) >= 11 is 3.50. The number of benzene rings is 1. The smallest absolute Gasteiger partial charge is 0.0654 e. The van der Waals surface area contributed by atoms with Gasteiger partial charge < -0.3 is 0 Å². The van der Waals surface area contributed by atoms with Crippen LogP contribution >= 0.6 is 15.9 Å². The molecule has 0 spiro atoms. The van der Waals surface area contributed by atoms with Crippen molar-refractivity contribution in [2.45, 2.75) is 51.7 Å². The summed E-state index contributed by atoms with van der Waals surface area (Å²) in [5.74, 6) is 0. The first-order valence-electron chi connectivity index (χ1n) is 6.32. The van der Waals surface area contributed by atoms with Gasteiger partial charge in [0.2, 0.25) is 0 Å². The Hall–Kier alpha value is -0.0831. The molecule has 16 heavy (non-hydrogen) atoms. The minimum Gasteiger partial charge on any atom is -0.0654 e. The van der Waals surface area contributed by atoms with Crippen LogP contribution in [0.4, 0.5) is 0 Å². The first kappa shape index (κ1) is 14.0. The molecule has 0 N–H and O–H groups in total. The number of rotatable bonds is 6. The van der Waals surface area contributed by atoms with Gasteiger partial charge in [-0.1, -0.05) is 85.0 Å². The lowest BCUT2D eigenvalue weighted by atomic mass is 10.2. The molecular formula is C14H23BrSi. The molecule has 0 bridgehead atoms. The molecule has 1 rings (SSSR count). The van der Waals surface area contributed by atoms with E-state index in [1.54, 1.807) is 5.19 Å². The molecule has 2 heteroatoms. The molecule has 0 atom stereocenters. The summed E-state index contributed by atoms with van der Waals surface area (Å²) in [6.07, 6.45) is 5.54. The monoisotopic (exact) mass is 298 g/mol. The van der Waals surface area contributed by atoms with E-state index >= 15 is 0 Å². The van der Waals surface area contributed by atoms with Crippen molar-refractivity contribution in [1.82, 2.24) is 0 Å². The third kappa shape index (κ3) is 4.42. The van der Waals surface area contributed by atoms with E-state index in [-0.39, 0.29) is 0 Å². The fraction of sp³-hybridized carbons (Fsp3) is 0.571. The van der Waals surface area contributed by atoms with Crippen molar-refractivity contribution in [3.05, 3.63) is 28.7 Å². The largest absolute Gasteiger partial charge is 0.0806 e. The molecule has 90 valence electrons. The van der Waals surface area contributed by atoms with Gasteiger partial charge in [-0.15, -0.1) is 0 Å². The summed E-state index contributed by atoms with van der Waals surface area (Å²) in [5.41, 5.74) is 0. The summed E-state index contributed by atoms with van der Waals surface area (Å²) < 4.78 is 1.19. The van der Waals surface area contributed by atoms with Crippen LogP contribution < -0.4 is 5.19 Å². The van der Waals surface area contributed by atoms with Gasteiger partial charge in [0.15, 0.2) is 0 Å². The maximum atomic E-state index is 3.50. The highest BCUT2D eigenvalue weighted by Crippen LogP contribution is 2.17. The predicted octanol–water partition coefficient (Wildman–Crippen LogP) is 4.94. The Bertz CT molecular complexity index is 303. The number of unbranched alkanes of at least 4 members (excludes halogenated alkanes) is 3. The highest BCUT2D eigenvalue weighted by Gasteiger charge is 2.22. The highest BCUT2D eigenvalue weighted by atomic mass is 79.9. The van der Waals surface area contributed by atoms with Crippen LogP contribution in [-0.4, -0.2) is 8.07 Å². The van der Waals surface area contributed by atoms with Crippen molar-refractivity contribution in [2.24, 2.45) is 0 Å². The van der Waals surface area contributed by atoms with Gasteiger partial charge in [0.25, 0.3) is 0 Å². The standard InChI is InChI=1S/C14H23BrSi/c1-4-5-6-7-12-16(2,3)14-10-8-13(15)9-11-14/h8-11H,4-7,12H2,1-3H3. The van der Waals surface area contributed by atoms with E-state index in [0.717, 1.165) is 0 Å². The quantitative estimate of drug-likeness (QED) is 0.515. The third-order valence-electron chi connectivity index (χ3n) is 3.28. The molecule has 0 nitrogen and oxygen atoms in total. The van der Waals surface area contributed by atoms with Crippen molar-refractivity contribution < 1.29 is 0 Å². The fourth-order valence-electron chi connectivity index (χ4n) is 2.04. The molecule has 0 radical (unpaired) electrons. The van der Waals surface area contributed by atoms with E-state index < -0.39 is 8.07 Å². The maximum Gasteiger partial charge on any atom is 0.0806 e. The summed E-state index contributed by atoms with van der Waals surface area (Å²) in [6.45, 7) is 7.25. The molecule has 1 aromatic rings. The molecule has 0 saturated carbocycles. The van der Waals surface area contributed by atoms with Crippen LogP contribution in [0.15, 0.2) is 28.7 Å². The van der Waals surface area contributed by atoms with E-state index in [1.807, 2.05) is 0 Å². The van der Waals surface area contributed by atoms with Crippen LogP contribution in [0.2, 0.25) is 19.1 Å². The minimum atomic E-state index is -1.17. The second-order valence-corrected chi connectivity index (χ2v) is 11.0. The summed E-state index contributed by atoms with van der Waals surface area (Å²) in [5, 5.41) is 1.59. The topological polar surface area (TPSA) is 0 Å². The van der Waals surface area contributed by atoms with Gasteiger partial charge in [-0.05, 0) is 12.1 Å². The third-order valence-corrected chi connectivity index (χ3v) is 7.31. The van der Waals surface area contributed by atoms with E-state index in [1.165, 1.54) is 36.2 Å². The molecule has 0 aliphatic carbocycles. The van der Waals surface area contributed by atoms with Gasteiger partial charge in [0.05, 0.1) is 8.07 Å². The number of hydrogen-bond acceptors (Lipinski definition) is 0. The SMILES string of the molecule is CCCCCC[Si](C)(C)c1ccc(Br)cc1. The minimum absolute atomic E-state index is 1.17. The van der Waals surface area contributed by atoms with Crippen LogP contribution in [0.25, 0.3) is 0 Å². The average Bonchev–Trinajstić information content (AvgIpc) is 2.25. The fourth-order valence-corrected chi connectivity index (χ4v) is 4.80. The van der Waals surface area contributed by atoms with E-state index in [0.29, 0.717) is 0 Å². The molecule has 1 aromatic carbocycles. The van der Waals surface area contributed by atoms with Crippen molar-refractivity contribution in [3.63, 3.8) is 0 Å². The zero-order valence-corrected chi connectivity index (χ0v) is 13.3. The van der Waals surface area contributed by atoms with Crippen LogP contribution in [0.5, 0.6) is 0 Å². The van der Waals surface area contributed by atoms with Crippen LogP contribution in [-0.2, 0) is 0 Å². The first-order valence-corrected chi connectivity index (χ1v) is 10.3. The Morgan fingerprint density at radius 3 is 2.19 bits per heavy atom. The van der Waals surface area contributed by atoms with Crippen LogP contribution in [0.1, 0.15) is 32.6 Å². The normalized spacial score (nSPS) is 11.8. The number of hydrogen-bond donors (Lipinski definition) is 0. The second-order valence-electron chi connectivity index (χ2n) is 5.20. The van der Waals surface area contributed by atoms with Gasteiger partial charge >= 0.3 is 0 Å². The van der Waals surface area contributed by atoms with Crippen molar-refractivity contribution in [1.29, 1.82) is 0 Å². The molecule has 0 amide bonds. The lowest BCUT2D eigenvalue weighted by Gasteiger charge is -2.23. The number of halogens is 1. The summed E-state index contributed by atoms with van der Waals surface area (Å²) in [4.78, 5) is 0. The van der Waals surface area contributed by atoms with E-state index in [9.17, 15) is 0 Å². The zero-order chi connectivity index (χ0) is 12.0. The molecule has 0 heterocycles.